The van der Waals surface area contributed by atoms with Crippen LogP contribution in [0.4, 0.5) is 10.1 Å². The number of hydrogen-bond donors (Lipinski definition) is 1. The summed E-state index contributed by atoms with van der Waals surface area (Å²) in [7, 11) is 1.45. The van der Waals surface area contributed by atoms with Gasteiger partial charge in [-0.15, -0.1) is 16.4 Å². The molecule has 1 N–H and O–H groups in total. The maximum absolute atomic E-state index is 13.3. The van der Waals surface area contributed by atoms with E-state index in [1.54, 1.807) is 12.1 Å². The summed E-state index contributed by atoms with van der Waals surface area (Å²) in [6.07, 6.45) is 0. The molecule has 4 rings (SSSR count). The summed E-state index contributed by atoms with van der Waals surface area (Å²) in [4.78, 5) is 29.9. The second-order valence-electron chi connectivity index (χ2n) is 6.59. The number of methoxy groups -OCH3 is 1. The standard InChI is InChI=1S/C22H16ClFN4O4S/c1-31-17-9-4-13(23)11-16(17)25-19(29)12-32-22(30)20-26-21(18-3-2-10-33-18)28(27-20)15-7-5-14(24)6-8-15/h2-11H,12H2,1H3,(H,25,29). The molecule has 0 saturated carbocycles. The first kappa shape index (κ1) is 22.4. The second-order valence-corrected chi connectivity index (χ2v) is 7.98. The molecule has 11 heteroatoms. The zero-order chi connectivity index (χ0) is 23.4. The number of aromatic nitrogens is 3. The lowest BCUT2D eigenvalue weighted by Gasteiger charge is -2.10. The molecule has 2 aromatic carbocycles. The van der Waals surface area contributed by atoms with Crippen molar-refractivity contribution in [2.24, 2.45) is 0 Å². The van der Waals surface area contributed by atoms with E-state index in [-0.39, 0.29) is 5.82 Å². The van der Waals surface area contributed by atoms with Crippen molar-refractivity contribution in [3.05, 3.63) is 76.6 Å². The third-order valence-corrected chi connectivity index (χ3v) is 5.47. The van der Waals surface area contributed by atoms with Crippen molar-refractivity contribution in [1.29, 1.82) is 0 Å². The molecule has 0 radical (unpaired) electrons. The van der Waals surface area contributed by atoms with E-state index in [0.29, 0.717) is 28.0 Å². The minimum Gasteiger partial charge on any atom is -0.495 e. The quantitative estimate of drug-likeness (QED) is 0.384. The Morgan fingerprint density at radius 2 is 1.97 bits per heavy atom. The zero-order valence-electron chi connectivity index (χ0n) is 17.1. The number of ether oxygens (including phenoxy) is 2. The zero-order valence-corrected chi connectivity index (χ0v) is 18.7. The molecule has 168 valence electrons. The van der Waals surface area contributed by atoms with Crippen molar-refractivity contribution in [1.82, 2.24) is 14.8 Å². The van der Waals surface area contributed by atoms with Crippen LogP contribution in [0, 0.1) is 5.82 Å². The molecule has 0 spiro atoms. The van der Waals surface area contributed by atoms with Gasteiger partial charge in [-0.05, 0) is 53.9 Å². The van der Waals surface area contributed by atoms with Crippen LogP contribution in [0.25, 0.3) is 16.4 Å². The number of esters is 1. The largest absolute Gasteiger partial charge is 0.495 e. The van der Waals surface area contributed by atoms with E-state index < -0.39 is 24.3 Å². The van der Waals surface area contributed by atoms with Gasteiger partial charge in [-0.2, -0.15) is 4.98 Å². The lowest BCUT2D eigenvalue weighted by atomic mass is 10.3. The Morgan fingerprint density at radius 3 is 2.67 bits per heavy atom. The van der Waals surface area contributed by atoms with Crippen LogP contribution in [0.1, 0.15) is 10.6 Å². The van der Waals surface area contributed by atoms with Gasteiger partial charge in [0.2, 0.25) is 0 Å². The maximum atomic E-state index is 13.3. The maximum Gasteiger partial charge on any atom is 0.378 e. The van der Waals surface area contributed by atoms with E-state index in [0.717, 1.165) is 4.88 Å². The van der Waals surface area contributed by atoms with E-state index in [1.807, 2.05) is 17.5 Å². The average molecular weight is 487 g/mol. The summed E-state index contributed by atoms with van der Waals surface area (Å²) in [5, 5.41) is 9.04. The number of nitrogens with zero attached hydrogens (tertiary/aromatic N) is 3. The molecule has 33 heavy (non-hydrogen) atoms. The fraction of sp³-hybridized carbons (Fsp3) is 0.0909. The number of benzene rings is 2. The highest BCUT2D eigenvalue weighted by atomic mass is 35.5. The number of carbonyl (C=O) groups excluding carboxylic acids is 2. The average Bonchev–Trinajstić information content (AvgIpc) is 3.48. The van der Waals surface area contributed by atoms with E-state index in [4.69, 9.17) is 21.1 Å². The molecule has 2 aromatic heterocycles. The number of hydrogen-bond acceptors (Lipinski definition) is 7. The molecule has 0 unspecified atom stereocenters. The van der Waals surface area contributed by atoms with Gasteiger partial charge < -0.3 is 14.8 Å². The Hall–Kier alpha value is -3.76. The van der Waals surface area contributed by atoms with Crippen molar-refractivity contribution >= 4 is 40.5 Å². The Balaban J connectivity index is 1.50. The Morgan fingerprint density at radius 1 is 1.18 bits per heavy atom. The van der Waals surface area contributed by atoms with E-state index in [9.17, 15) is 14.0 Å². The van der Waals surface area contributed by atoms with Crippen molar-refractivity contribution in [2.75, 3.05) is 19.0 Å². The van der Waals surface area contributed by atoms with Crippen molar-refractivity contribution < 1.29 is 23.5 Å². The topological polar surface area (TPSA) is 95.3 Å². The number of rotatable bonds is 7. The molecule has 0 saturated heterocycles. The van der Waals surface area contributed by atoms with Crippen LogP contribution in [0.3, 0.4) is 0 Å². The molecule has 4 aromatic rings. The Kier molecular flexibility index (Phi) is 6.66. The number of halogens is 2. The molecule has 8 nitrogen and oxygen atoms in total. The SMILES string of the molecule is COc1ccc(Cl)cc1NC(=O)COC(=O)c1nc(-c2cccs2)n(-c2ccc(F)cc2)n1. The highest BCUT2D eigenvalue weighted by molar-refractivity contribution is 7.13. The summed E-state index contributed by atoms with van der Waals surface area (Å²) in [6.45, 7) is -0.575. The molecule has 0 atom stereocenters. The van der Waals surface area contributed by atoms with Gasteiger partial charge in [0.1, 0.15) is 11.6 Å². The first-order chi connectivity index (χ1) is 15.9. The van der Waals surface area contributed by atoms with Gasteiger partial charge in [0.15, 0.2) is 12.4 Å². The number of thiophene rings is 1. The van der Waals surface area contributed by atoms with E-state index >= 15 is 0 Å². The number of anilines is 1. The van der Waals surface area contributed by atoms with Gasteiger partial charge in [0.25, 0.3) is 11.7 Å². The van der Waals surface area contributed by atoms with Crippen molar-refractivity contribution in [3.63, 3.8) is 0 Å². The smallest absolute Gasteiger partial charge is 0.378 e. The van der Waals surface area contributed by atoms with Crippen LogP contribution in [-0.4, -0.2) is 40.4 Å². The number of carbonyl (C=O) groups is 2. The first-order valence-electron chi connectivity index (χ1n) is 9.52. The fourth-order valence-corrected chi connectivity index (χ4v) is 3.76. The lowest BCUT2D eigenvalue weighted by Crippen LogP contribution is -2.21. The van der Waals surface area contributed by atoms with Crippen LogP contribution in [0.15, 0.2) is 60.0 Å². The highest BCUT2D eigenvalue weighted by Crippen LogP contribution is 2.28. The predicted octanol–water partition coefficient (Wildman–Crippen LogP) is 4.59. The number of nitrogens with one attached hydrogen (secondary N) is 1. The third-order valence-electron chi connectivity index (χ3n) is 4.37. The van der Waals surface area contributed by atoms with Gasteiger partial charge in [-0.1, -0.05) is 17.7 Å². The normalized spacial score (nSPS) is 10.6. The molecule has 0 bridgehead atoms. The molecule has 0 aliphatic rings. The van der Waals surface area contributed by atoms with Gasteiger partial charge in [-0.25, -0.2) is 13.9 Å². The monoisotopic (exact) mass is 486 g/mol. The van der Waals surface area contributed by atoms with Crippen LogP contribution in [-0.2, 0) is 9.53 Å². The van der Waals surface area contributed by atoms with Crippen LogP contribution >= 0.6 is 22.9 Å². The minimum atomic E-state index is -0.887. The first-order valence-corrected chi connectivity index (χ1v) is 10.8. The summed E-state index contributed by atoms with van der Waals surface area (Å²) in [5.74, 6) is -1.34. The van der Waals surface area contributed by atoms with Gasteiger partial charge in [-0.3, -0.25) is 4.79 Å². The highest BCUT2D eigenvalue weighted by Gasteiger charge is 2.21. The molecule has 0 aliphatic heterocycles. The fourth-order valence-electron chi connectivity index (χ4n) is 2.89. The van der Waals surface area contributed by atoms with Gasteiger partial charge in [0.05, 0.1) is 23.4 Å². The number of amides is 1. The molecule has 0 fully saturated rings. The van der Waals surface area contributed by atoms with Crippen molar-refractivity contribution in [3.8, 4) is 22.1 Å². The van der Waals surface area contributed by atoms with Crippen LogP contribution in [0.5, 0.6) is 5.75 Å². The second kappa shape index (κ2) is 9.80. The minimum absolute atomic E-state index is 0.240. The van der Waals surface area contributed by atoms with Crippen molar-refractivity contribution in [2.45, 2.75) is 0 Å². The molecular weight excluding hydrogens is 471 g/mol. The summed E-state index contributed by atoms with van der Waals surface area (Å²) >= 11 is 7.35. The van der Waals surface area contributed by atoms with Crippen LogP contribution in [0.2, 0.25) is 5.02 Å². The van der Waals surface area contributed by atoms with E-state index in [2.05, 4.69) is 15.4 Å². The summed E-state index contributed by atoms with van der Waals surface area (Å²) < 4.78 is 25.0. The third kappa shape index (κ3) is 5.18. The summed E-state index contributed by atoms with van der Waals surface area (Å²) in [5.41, 5.74) is 0.849. The summed E-state index contributed by atoms with van der Waals surface area (Å²) in [6, 6.07) is 14.0. The van der Waals surface area contributed by atoms with E-state index in [1.165, 1.54) is 53.5 Å². The van der Waals surface area contributed by atoms with Gasteiger partial charge in [0, 0.05) is 5.02 Å². The Bertz CT molecular complexity index is 1290. The van der Waals surface area contributed by atoms with Gasteiger partial charge >= 0.3 is 5.97 Å². The molecule has 0 aliphatic carbocycles. The molecule has 2 heterocycles. The predicted molar refractivity (Wildman–Crippen MR) is 122 cm³/mol. The lowest BCUT2D eigenvalue weighted by molar-refractivity contribution is -0.119. The molecular formula is C22H16ClFN4O4S. The van der Waals surface area contributed by atoms with Crippen LogP contribution < -0.4 is 10.1 Å². The molecule has 1 amide bonds. The Labute approximate surface area is 196 Å².